The Hall–Kier alpha value is -0.860. The standard InChI is InChI=1S/CH6N4O3S/c2-1(3)4-5(6)9(7)8/h6H,(H,7,8)(H4,2,3,4)/p-1. The minimum absolute atomic E-state index is 0.380. The Bertz CT molecular complexity index is 141. The van der Waals surface area contributed by atoms with Crippen LogP contribution >= 0.6 is 0 Å². The van der Waals surface area contributed by atoms with Crippen LogP contribution in [-0.2, 0) is 11.3 Å². The van der Waals surface area contributed by atoms with Crippen molar-refractivity contribution in [3.8, 4) is 0 Å². The molecule has 0 spiro atoms. The molecule has 0 aromatic heterocycles. The molecule has 7 nitrogen and oxygen atoms in total. The Morgan fingerprint density at radius 1 is 1.78 bits per heavy atom. The van der Waals surface area contributed by atoms with Gasteiger partial charge in [0.2, 0.25) is 5.96 Å². The van der Waals surface area contributed by atoms with Crippen molar-refractivity contribution in [2.75, 3.05) is 0 Å². The maximum absolute atomic E-state index is 9.69. The average molecular weight is 153 g/mol. The smallest absolute Gasteiger partial charge is 0.212 e. The van der Waals surface area contributed by atoms with Gasteiger partial charge in [0.25, 0.3) is 0 Å². The summed E-state index contributed by atoms with van der Waals surface area (Å²) in [4.78, 5) is 0. The van der Waals surface area contributed by atoms with Crippen LogP contribution in [0.15, 0.2) is 5.10 Å². The van der Waals surface area contributed by atoms with Crippen LogP contribution in [-0.4, -0.2) is 24.5 Å². The van der Waals surface area contributed by atoms with Crippen molar-refractivity contribution >= 4 is 17.2 Å². The fraction of sp³-hybridized carbons (Fsp3) is 0. The summed E-state index contributed by atoms with van der Waals surface area (Å²) in [7, 11) is 0. The van der Waals surface area contributed by atoms with Gasteiger partial charge in [-0.05, 0) is 0 Å². The molecule has 1 unspecified atom stereocenters. The van der Waals surface area contributed by atoms with Gasteiger partial charge in [-0.15, -0.1) is 5.10 Å². The van der Waals surface area contributed by atoms with Crippen molar-refractivity contribution in [2.24, 2.45) is 16.6 Å². The monoisotopic (exact) mass is 153 g/mol. The Labute approximate surface area is 53.3 Å². The third-order valence-corrected chi connectivity index (χ3v) is 0.683. The van der Waals surface area contributed by atoms with Gasteiger partial charge in [0.05, 0.1) is 11.3 Å². The largest absolute Gasteiger partial charge is 0.752 e. The first-order chi connectivity index (χ1) is 4.04. The highest BCUT2D eigenvalue weighted by Gasteiger charge is 1.91. The molecule has 0 saturated heterocycles. The molecule has 0 amide bonds. The molecule has 0 radical (unpaired) electrons. The van der Waals surface area contributed by atoms with Crippen LogP contribution in [0.25, 0.3) is 0 Å². The summed E-state index contributed by atoms with van der Waals surface area (Å²) in [6.45, 7) is 0. The SMILES string of the molecule is NC(N)=NN(O)S(=O)[O-]. The first kappa shape index (κ1) is 8.14. The molecule has 5 N–H and O–H groups in total. The molecule has 9 heavy (non-hydrogen) atoms. The highest BCUT2D eigenvalue weighted by Crippen LogP contribution is 1.83. The second-order valence-corrected chi connectivity index (χ2v) is 1.76. The molecule has 0 fully saturated rings. The third-order valence-electron chi connectivity index (χ3n) is 0.334. The molecular weight excluding hydrogens is 148 g/mol. The molecule has 0 aliphatic rings. The van der Waals surface area contributed by atoms with E-state index in [1.807, 2.05) is 0 Å². The first-order valence-electron chi connectivity index (χ1n) is 1.72. The molecule has 8 heteroatoms. The van der Waals surface area contributed by atoms with E-state index in [1.54, 1.807) is 0 Å². The number of nitrogens with two attached hydrogens (primary N) is 2. The zero-order valence-corrected chi connectivity index (χ0v) is 5.04. The lowest BCUT2D eigenvalue weighted by Crippen LogP contribution is -2.28. The summed E-state index contributed by atoms with van der Waals surface area (Å²) in [6, 6.07) is 0. The van der Waals surface area contributed by atoms with Crippen LogP contribution in [0.5, 0.6) is 0 Å². The van der Waals surface area contributed by atoms with Crippen molar-refractivity contribution < 1.29 is 14.0 Å². The summed E-state index contributed by atoms with van der Waals surface area (Å²) in [5, 5.41) is 10.9. The molecule has 0 heterocycles. The normalized spacial score (nSPS) is 12.2. The molecule has 0 aliphatic carbocycles. The van der Waals surface area contributed by atoms with E-state index in [9.17, 15) is 8.76 Å². The molecular formula is CH5N4O3S-. The van der Waals surface area contributed by atoms with Crippen LogP contribution in [0.1, 0.15) is 0 Å². The minimum Gasteiger partial charge on any atom is -0.752 e. The number of guanidine groups is 1. The van der Waals surface area contributed by atoms with E-state index in [1.165, 1.54) is 0 Å². The second kappa shape index (κ2) is 3.22. The van der Waals surface area contributed by atoms with E-state index in [0.717, 1.165) is 0 Å². The van der Waals surface area contributed by atoms with Crippen LogP contribution in [0, 0.1) is 0 Å². The fourth-order valence-corrected chi connectivity index (χ4v) is 0.293. The van der Waals surface area contributed by atoms with Gasteiger partial charge >= 0.3 is 0 Å². The summed E-state index contributed by atoms with van der Waals surface area (Å²) in [5.74, 6) is -0.540. The summed E-state index contributed by atoms with van der Waals surface area (Å²) < 4.78 is 19.0. The molecule has 0 bridgehead atoms. The van der Waals surface area contributed by atoms with Crippen molar-refractivity contribution in [3.63, 3.8) is 0 Å². The van der Waals surface area contributed by atoms with E-state index in [4.69, 9.17) is 5.21 Å². The Morgan fingerprint density at radius 3 is 2.33 bits per heavy atom. The lowest BCUT2D eigenvalue weighted by molar-refractivity contribution is 0.00318. The van der Waals surface area contributed by atoms with Crippen molar-refractivity contribution in [2.45, 2.75) is 0 Å². The van der Waals surface area contributed by atoms with Crippen LogP contribution in [0.3, 0.4) is 0 Å². The number of hydrogen-bond donors (Lipinski definition) is 3. The van der Waals surface area contributed by atoms with Crippen LogP contribution < -0.4 is 11.5 Å². The van der Waals surface area contributed by atoms with Crippen molar-refractivity contribution in [1.82, 2.24) is 4.58 Å². The zero-order valence-electron chi connectivity index (χ0n) is 4.22. The number of nitrogens with zero attached hydrogens (tertiary/aromatic N) is 2. The van der Waals surface area contributed by atoms with E-state index < -0.39 is 17.2 Å². The van der Waals surface area contributed by atoms with E-state index in [0.29, 0.717) is 0 Å². The second-order valence-electron chi connectivity index (χ2n) is 0.995. The highest BCUT2D eigenvalue weighted by molar-refractivity contribution is 7.76. The predicted octanol–water partition coefficient (Wildman–Crippen LogP) is -2.34. The lowest BCUT2D eigenvalue weighted by atomic mass is 11.1. The maximum atomic E-state index is 9.69. The van der Waals surface area contributed by atoms with Gasteiger partial charge < -0.3 is 16.0 Å². The molecule has 54 valence electrons. The van der Waals surface area contributed by atoms with Crippen LogP contribution in [0.2, 0.25) is 0 Å². The maximum Gasteiger partial charge on any atom is 0.212 e. The van der Waals surface area contributed by atoms with Gasteiger partial charge in [0.15, 0.2) is 0 Å². The number of hydrazone groups is 1. The topological polar surface area (TPSA) is 128 Å². The Kier molecular flexibility index (Phi) is 2.91. The lowest BCUT2D eigenvalue weighted by Gasteiger charge is -2.11. The summed E-state index contributed by atoms with van der Waals surface area (Å²) in [6.07, 6.45) is 0. The van der Waals surface area contributed by atoms with Gasteiger partial charge in [-0.3, -0.25) is 5.21 Å². The van der Waals surface area contributed by atoms with Gasteiger partial charge in [0, 0.05) is 0 Å². The molecule has 0 aromatic carbocycles. The van der Waals surface area contributed by atoms with Gasteiger partial charge in [-0.25, -0.2) is 4.21 Å². The summed E-state index contributed by atoms with van der Waals surface area (Å²) in [5.41, 5.74) is 9.37. The van der Waals surface area contributed by atoms with Gasteiger partial charge in [-0.1, -0.05) is 4.58 Å². The molecule has 0 saturated carbocycles. The van der Waals surface area contributed by atoms with Gasteiger partial charge in [-0.2, -0.15) is 0 Å². The molecule has 0 rings (SSSR count). The molecule has 1 atom stereocenters. The van der Waals surface area contributed by atoms with Crippen LogP contribution in [0.4, 0.5) is 0 Å². The van der Waals surface area contributed by atoms with Crippen molar-refractivity contribution in [1.29, 1.82) is 0 Å². The molecule has 0 aromatic rings. The quantitative estimate of drug-likeness (QED) is 0.177. The highest BCUT2D eigenvalue weighted by atomic mass is 32.2. The minimum atomic E-state index is -2.84. The average Bonchev–Trinajstić information content (AvgIpc) is 1.63. The van der Waals surface area contributed by atoms with E-state index >= 15 is 0 Å². The van der Waals surface area contributed by atoms with E-state index in [-0.39, 0.29) is 4.58 Å². The zero-order chi connectivity index (χ0) is 7.44. The first-order valence-corrected chi connectivity index (χ1v) is 2.75. The Morgan fingerprint density at radius 2 is 2.22 bits per heavy atom. The predicted molar refractivity (Wildman–Crippen MR) is 28.4 cm³/mol. The fourth-order valence-electron chi connectivity index (χ4n) is 0.132. The van der Waals surface area contributed by atoms with Crippen molar-refractivity contribution in [3.05, 3.63) is 0 Å². The van der Waals surface area contributed by atoms with Gasteiger partial charge in [0.1, 0.15) is 0 Å². The molecule has 0 aliphatic heterocycles. The number of hydrogen-bond acceptors (Lipinski definition) is 4. The number of rotatable bonds is 2. The Balaban J connectivity index is 3.91. The third kappa shape index (κ3) is 3.70. The summed E-state index contributed by atoms with van der Waals surface area (Å²) >= 11 is -2.84. The van der Waals surface area contributed by atoms with E-state index in [2.05, 4.69) is 16.6 Å².